The molecule has 4 nitrogen and oxygen atoms in total. The Labute approximate surface area is 142 Å². The fraction of sp³-hybridized carbons (Fsp3) is 0.562. The minimum atomic E-state index is -4.07. The number of alkyl halides is 2. The lowest BCUT2D eigenvalue weighted by atomic mass is 9.67. The van der Waals surface area contributed by atoms with Gasteiger partial charge in [0.05, 0.1) is 6.61 Å². The van der Waals surface area contributed by atoms with Crippen LogP contribution in [-0.2, 0) is 32.9 Å². The van der Waals surface area contributed by atoms with Crippen LogP contribution in [0, 0.1) is 5.82 Å². The van der Waals surface area contributed by atoms with Crippen LogP contribution in [0.3, 0.4) is 0 Å². The average Bonchev–Trinajstić information content (AvgIpc) is 2.42. The molecule has 8 heteroatoms. The van der Waals surface area contributed by atoms with Crippen molar-refractivity contribution in [3.05, 3.63) is 35.1 Å². The summed E-state index contributed by atoms with van der Waals surface area (Å²) in [6, 6.07) is 3.94. The topological polar surface area (TPSA) is 61.4 Å². The highest BCUT2D eigenvalue weighted by Crippen LogP contribution is 2.51. The lowest BCUT2D eigenvalue weighted by Gasteiger charge is -2.47. The number of hydrogen-bond acceptors (Lipinski definition) is 4. The second kappa shape index (κ2) is 6.24. The van der Waals surface area contributed by atoms with Crippen molar-refractivity contribution in [3.63, 3.8) is 0 Å². The number of hydrogen-bond donors (Lipinski definition) is 1. The second-order valence-electron chi connectivity index (χ2n) is 6.63. The molecule has 2 rings (SSSR count). The quantitative estimate of drug-likeness (QED) is 0.646. The molecular weight excluding hydrogens is 343 g/mol. The van der Waals surface area contributed by atoms with Gasteiger partial charge in [0.1, 0.15) is 10.6 Å². The van der Waals surface area contributed by atoms with E-state index < -0.39 is 39.4 Å². The Balaban J connectivity index is 2.53. The van der Waals surface area contributed by atoms with Crippen molar-refractivity contribution in [2.75, 3.05) is 6.61 Å². The van der Waals surface area contributed by atoms with E-state index in [9.17, 15) is 22.5 Å². The zero-order valence-electron chi connectivity index (χ0n) is 13.9. The maximum Gasteiger partial charge on any atom is 0.379 e. The monoisotopic (exact) mass is 363 g/mol. The molecule has 0 aromatic heterocycles. The highest BCUT2D eigenvalue weighted by atomic mass is 32.2. The van der Waals surface area contributed by atoms with Gasteiger partial charge in [0, 0.05) is 23.3 Å². The minimum absolute atomic E-state index is 0.239. The van der Waals surface area contributed by atoms with E-state index in [1.54, 1.807) is 20.8 Å². The highest BCUT2D eigenvalue weighted by Gasteiger charge is 2.69. The van der Waals surface area contributed by atoms with E-state index in [0.29, 0.717) is 5.56 Å². The van der Waals surface area contributed by atoms with Crippen molar-refractivity contribution < 1.29 is 27.3 Å². The van der Waals surface area contributed by atoms with Gasteiger partial charge in [-0.1, -0.05) is 12.1 Å². The molecule has 0 spiro atoms. The Morgan fingerprint density at radius 2 is 2.04 bits per heavy atom. The van der Waals surface area contributed by atoms with Crippen LogP contribution in [0.25, 0.3) is 0 Å². The minimum Gasteiger partial charge on any atom is -0.598 e. The molecule has 0 heterocycles. The molecule has 24 heavy (non-hydrogen) atoms. The molecule has 134 valence electrons. The number of nitrogens with one attached hydrogen (secondary N) is 1. The predicted octanol–water partition coefficient (Wildman–Crippen LogP) is 2.83. The molecule has 0 saturated heterocycles. The molecular formula is C16H20F3NO3S. The van der Waals surface area contributed by atoms with E-state index in [-0.39, 0.29) is 18.6 Å². The molecule has 1 aromatic rings. The molecule has 0 amide bonds. The highest BCUT2D eigenvalue weighted by molar-refractivity contribution is 7.90. The van der Waals surface area contributed by atoms with E-state index in [1.807, 2.05) is 0 Å². The van der Waals surface area contributed by atoms with E-state index in [4.69, 9.17) is 0 Å². The van der Waals surface area contributed by atoms with Crippen molar-refractivity contribution in [2.45, 2.75) is 50.3 Å². The van der Waals surface area contributed by atoms with Crippen molar-refractivity contribution in [2.24, 2.45) is 0 Å². The van der Waals surface area contributed by atoms with E-state index in [2.05, 4.69) is 9.46 Å². The molecule has 2 atom stereocenters. The maximum absolute atomic E-state index is 14.9. The molecule has 0 fully saturated rings. The molecule has 0 saturated carbocycles. The first-order chi connectivity index (χ1) is 11.0. The molecule has 0 aliphatic heterocycles. The third-order valence-corrected chi connectivity index (χ3v) is 5.52. The third-order valence-electron chi connectivity index (χ3n) is 3.87. The summed E-state index contributed by atoms with van der Waals surface area (Å²) in [6.45, 7) is 5.93. The van der Waals surface area contributed by atoms with Gasteiger partial charge in [0.25, 0.3) is 0 Å². The van der Waals surface area contributed by atoms with Gasteiger partial charge in [0.2, 0.25) is 0 Å². The number of esters is 1. The number of fused-ring (bicyclic) bond motifs is 1. The standard InChI is InChI=1S/C16H20F3NO3S/c1-5-23-13(21)16(18,19)15(20-24(22)14(2,3)4)9-10-7-6-8-11(17)12(10)15/h6-8,20H,5,9H2,1-4H3/t15-,24?/m1/s1. The first-order valence-corrected chi connectivity index (χ1v) is 8.65. The molecule has 1 aromatic carbocycles. The second-order valence-corrected chi connectivity index (χ2v) is 8.60. The zero-order chi connectivity index (χ0) is 18.3. The first-order valence-electron chi connectivity index (χ1n) is 7.50. The van der Waals surface area contributed by atoms with Crippen LogP contribution in [0.4, 0.5) is 13.2 Å². The molecule has 0 radical (unpaired) electrons. The van der Waals surface area contributed by atoms with Gasteiger partial charge in [-0.15, -0.1) is 4.72 Å². The van der Waals surface area contributed by atoms with Crippen LogP contribution in [0.2, 0.25) is 0 Å². The Kier molecular flexibility index (Phi) is 4.96. The Morgan fingerprint density at radius 1 is 1.42 bits per heavy atom. The van der Waals surface area contributed by atoms with E-state index in [1.165, 1.54) is 19.1 Å². The van der Waals surface area contributed by atoms with Crippen LogP contribution in [0.15, 0.2) is 18.2 Å². The van der Waals surface area contributed by atoms with Gasteiger partial charge >= 0.3 is 11.9 Å². The number of carbonyl (C=O) groups is 1. The number of rotatable bonds is 5. The van der Waals surface area contributed by atoms with Gasteiger partial charge in [-0.05, 0) is 39.3 Å². The normalized spacial score (nSPS) is 21.7. The molecule has 0 bridgehead atoms. The van der Waals surface area contributed by atoms with Crippen molar-refractivity contribution in [3.8, 4) is 0 Å². The Morgan fingerprint density at radius 3 is 2.54 bits per heavy atom. The Bertz CT molecular complexity index is 634. The van der Waals surface area contributed by atoms with E-state index >= 15 is 0 Å². The zero-order valence-corrected chi connectivity index (χ0v) is 14.7. The van der Waals surface area contributed by atoms with Gasteiger partial charge in [-0.25, -0.2) is 9.18 Å². The molecule has 1 aliphatic carbocycles. The maximum atomic E-state index is 14.9. The van der Waals surface area contributed by atoms with Crippen LogP contribution in [0.5, 0.6) is 0 Å². The SMILES string of the molecule is CCOC(=O)C(F)(F)[C@@]1(N[S+]([O-])C(C)(C)C)Cc2cccc(F)c21. The number of halogens is 3. The van der Waals surface area contributed by atoms with Gasteiger partial charge in [-0.3, -0.25) is 0 Å². The summed E-state index contributed by atoms with van der Waals surface area (Å²) in [5, 5.41) is 0. The van der Waals surface area contributed by atoms with Crippen molar-refractivity contribution in [1.29, 1.82) is 0 Å². The van der Waals surface area contributed by atoms with Crippen LogP contribution in [-0.4, -0.2) is 27.8 Å². The van der Waals surface area contributed by atoms with E-state index in [0.717, 1.165) is 6.07 Å². The number of benzene rings is 1. The lowest BCUT2D eigenvalue weighted by Crippen LogP contribution is -2.68. The summed E-state index contributed by atoms with van der Waals surface area (Å²) in [6.07, 6.45) is -0.326. The molecule has 1 N–H and O–H groups in total. The predicted molar refractivity (Wildman–Crippen MR) is 84.4 cm³/mol. The largest absolute Gasteiger partial charge is 0.598 e. The molecule has 1 unspecified atom stereocenters. The van der Waals surface area contributed by atoms with Gasteiger partial charge in [0.15, 0.2) is 5.54 Å². The molecule has 1 aliphatic rings. The Hall–Kier alpha value is -1.25. The summed E-state index contributed by atoms with van der Waals surface area (Å²) in [7, 11) is 0. The van der Waals surface area contributed by atoms with Crippen LogP contribution >= 0.6 is 0 Å². The number of ether oxygens (including phenoxy) is 1. The van der Waals surface area contributed by atoms with Crippen molar-refractivity contribution in [1.82, 2.24) is 4.72 Å². The smallest absolute Gasteiger partial charge is 0.379 e. The van der Waals surface area contributed by atoms with Crippen LogP contribution < -0.4 is 4.72 Å². The number of carbonyl (C=O) groups excluding carboxylic acids is 1. The first kappa shape index (κ1) is 19.1. The summed E-state index contributed by atoms with van der Waals surface area (Å²) in [5.74, 6) is -6.71. The van der Waals surface area contributed by atoms with Gasteiger partial charge in [-0.2, -0.15) is 8.78 Å². The van der Waals surface area contributed by atoms with Crippen LogP contribution in [0.1, 0.15) is 38.8 Å². The lowest BCUT2D eigenvalue weighted by molar-refractivity contribution is -0.187. The average molecular weight is 363 g/mol. The third kappa shape index (κ3) is 2.91. The van der Waals surface area contributed by atoms with Crippen molar-refractivity contribution >= 4 is 17.3 Å². The fourth-order valence-corrected chi connectivity index (χ4v) is 3.51. The van der Waals surface area contributed by atoms with Gasteiger partial charge < -0.3 is 9.29 Å². The fourth-order valence-electron chi connectivity index (χ4n) is 2.59. The summed E-state index contributed by atoms with van der Waals surface area (Å²) >= 11 is -1.94. The summed E-state index contributed by atoms with van der Waals surface area (Å²) < 4.78 is 62.3. The summed E-state index contributed by atoms with van der Waals surface area (Å²) in [5.41, 5.74) is -2.38. The summed E-state index contributed by atoms with van der Waals surface area (Å²) in [4.78, 5) is 11.8.